The van der Waals surface area contributed by atoms with Gasteiger partial charge in [0.25, 0.3) is 5.91 Å². The van der Waals surface area contributed by atoms with E-state index in [1.807, 2.05) is 30.3 Å². The van der Waals surface area contributed by atoms with Gasteiger partial charge in [-0.25, -0.2) is 0 Å². The molecule has 6 heteroatoms. The van der Waals surface area contributed by atoms with Crippen LogP contribution in [0.4, 0.5) is 0 Å². The van der Waals surface area contributed by atoms with Crippen LogP contribution in [0.2, 0.25) is 5.02 Å². The number of carbonyl (C=O) groups excluding carboxylic acids is 2. The highest BCUT2D eigenvalue weighted by Crippen LogP contribution is 2.18. The average Bonchev–Trinajstić information content (AvgIpc) is 2.94. The van der Waals surface area contributed by atoms with Gasteiger partial charge in [0.1, 0.15) is 5.69 Å². The second-order valence-corrected chi connectivity index (χ2v) is 4.88. The molecule has 0 aliphatic heterocycles. The number of hydrogen-bond donors (Lipinski definition) is 2. The molecule has 2 aromatic rings. The zero-order chi connectivity index (χ0) is 15.2. The molecule has 1 heterocycles. The average molecular weight is 307 g/mol. The zero-order valence-corrected chi connectivity index (χ0v) is 12.2. The van der Waals surface area contributed by atoms with Crippen molar-refractivity contribution in [3.63, 3.8) is 0 Å². The number of esters is 1. The Bertz CT molecular complexity index is 625. The number of nitrogens with one attached hydrogen (secondary N) is 2. The zero-order valence-electron chi connectivity index (χ0n) is 11.4. The van der Waals surface area contributed by atoms with Crippen molar-refractivity contribution in [2.24, 2.45) is 0 Å². The van der Waals surface area contributed by atoms with Gasteiger partial charge in [-0.3, -0.25) is 9.59 Å². The van der Waals surface area contributed by atoms with E-state index in [2.05, 4.69) is 15.0 Å². The van der Waals surface area contributed by atoms with E-state index in [-0.39, 0.29) is 12.3 Å². The molecule has 2 N–H and O–H groups in total. The maximum Gasteiger partial charge on any atom is 0.307 e. The molecule has 0 spiro atoms. The fourth-order valence-electron chi connectivity index (χ4n) is 1.92. The summed E-state index contributed by atoms with van der Waals surface area (Å²) in [7, 11) is 1.32. The van der Waals surface area contributed by atoms with E-state index in [9.17, 15) is 9.59 Å². The number of ether oxygens (including phenoxy) is 1. The van der Waals surface area contributed by atoms with Gasteiger partial charge in [0, 0.05) is 6.20 Å². The van der Waals surface area contributed by atoms with E-state index < -0.39 is 12.0 Å². The van der Waals surface area contributed by atoms with E-state index in [1.54, 1.807) is 0 Å². The van der Waals surface area contributed by atoms with Gasteiger partial charge in [0.05, 0.1) is 24.6 Å². The van der Waals surface area contributed by atoms with Crippen molar-refractivity contribution < 1.29 is 14.3 Å². The number of aromatic amines is 1. The lowest BCUT2D eigenvalue weighted by Gasteiger charge is -2.17. The molecule has 1 aromatic carbocycles. The molecule has 0 saturated heterocycles. The molecule has 0 fully saturated rings. The van der Waals surface area contributed by atoms with Crippen LogP contribution >= 0.6 is 11.6 Å². The molecule has 2 rings (SSSR count). The third kappa shape index (κ3) is 4.10. The molecule has 0 aliphatic carbocycles. The van der Waals surface area contributed by atoms with Gasteiger partial charge in [-0.15, -0.1) is 0 Å². The predicted molar refractivity (Wildman–Crippen MR) is 79.1 cm³/mol. The molecule has 21 heavy (non-hydrogen) atoms. The van der Waals surface area contributed by atoms with Gasteiger partial charge in [0.15, 0.2) is 0 Å². The predicted octanol–water partition coefficient (Wildman–Crippen LogP) is 2.70. The Balaban J connectivity index is 2.16. The number of rotatable bonds is 5. The highest BCUT2D eigenvalue weighted by molar-refractivity contribution is 6.30. The van der Waals surface area contributed by atoms with E-state index in [0.29, 0.717) is 10.7 Å². The molecular formula is C15H15ClN2O3. The monoisotopic (exact) mass is 306 g/mol. The fourth-order valence-corrected chi connectivity index (χ4v) is 2.09. The van der Waals surface area contributed by atoms with Gasteiger partial charge < -0.3 is 15.0 Å². The molecule has 0 bridgehead atoms. The highest BCUT2D eigenvalue weighted by atomic mass is 35.5. The third-order valence-corrected chi connectivity index (χ3v) is 3.22. The van der Waals surface area contributed by atoms with Crippen molar-refractivity contribution >= 4 is 23.5 Å². The van der Waals surface area contributed by atoms with Gasteiger partial charge in [-0.2, -0.15) is 0 Å². The number of benzene rings is 1. The van der Waals surface area contributed by atoms with E-state index in [1.165, 1.54) is 19.4 Å². The summed E-state index contributed by atoms with van der Waals surface area (Å²) in [4.78, 5) is 26.4. The number of H-pyrrole nitrogens is 1. The van der Waals surface area contributed by atoms with Crippen LogP contribution in [0.3, 0.4) is 0 Å². The Hall–Kier alpha value is -2.27. The molecule has 1 atom stereocenters. The molecule has 1 amide bonds. The van der Waals surface area contributed by atoms with Gasteiger partial charge >= 0.3 is 5.97 Å². The van der Waals surface area contributed by atoms with Crippen molar-refractivity contribution in [2.45, 2.75) is 12.5 Å². The summed E-state index contributed by atoms with van der Waals surface area (Å²) in [6, 6.07) is 10.3. The number of methoxy groups -OCH3 is 1. The number of hydrogen-bond acceptors (Lipinski definition) is 3. The van der Waals surface area contributed by atoms with Gasteiger partial charge in [0.2, 0.25) is 0 Å². The third-order valence-electron chi connectivity index (χ3n) is 3.00. The molecule has 0 radical (unpaired) electrons. The summed E-state index contributed by atoms with van der Waals surface area (Å²) in [5, 5.41) is 3.25. The Kier molecular flexibility index (Phi) is 5.00. The summed E-state index contributed by atoms with van der Waals surface area (Å²) in [5.74, 6) is -0.728. The van der Waals surface area contributed by atoms with Crippen molar-refractivity contribution in [2.75, 3.05) is 7.11 Å². The molecule has 5 nitrogen and oxygen atoms in total. The van der Waals surface area contributed by atoms with Gasteiger partial charge in [-0.05, 0) is 11.6 Å². The first-order valence-corrected chi connectivity index (χ1v) is 6.74. The molecule has 110 valence electrons. The standard InChI is InChI=1S/C15H15ClN2O3/c1-21-14(19)8-12(10-5-3-2-4-6-10)18-15(20)13-7-11(16)9-17-13/h2-7,9,12,17H,8H2,1H3,(H,18,20)/t12-/m0/s1. The summed E-state index contributed by atoms with van der Waals surface area (Å²) in [5.41, 5.74) is 1.17. The van der Waals surface area contributed by atoms with Crippen LogP contribution in [0.15, 0.2) is 42.6 Å². The maximum absolute atomic E-state index is 12.2. The van der Waals surface area contributed by atoms with Crippen molar-refractivity contribution in [1.82, 2.24) is 10.3 Å². The second-order valence-electron chi connectivity index (χ2n) is 4.45. The summed E-state index contributed by atoms with van der Waals surface area (Å²) >= 11 is 5.78. The second kappa shape index (κ2) is 6.95. The summed E-state index contributed by atoms with van der Waals surface area (Å²) in [6.45, 7) is 0. The lowest BCUT2D eigenvalue weighted by molar-refractivity contribution is -0.141. The molecule has 0 aliphatic rings. The maximum atomic E-state index is 12.2. The van der Waals surface area contributed by atoms with Crippen LogP contribution in [0.25, 0.3) is 0 Å². The normalized spacial score (nSPS) is 11.7. The van der Waals surface area contributed by atoms with Crippen molar-refractivity contribution in [3.8, 4) is 0 Å². The molecule has 0 saturated carbocycles. The van der Waals surface area contributed by atoms with E-state index in [0.717, 1.165) is 5.56 Å². The summed E-state index contributed by atoms with van der Waals surface area (Å²) in [6.07, 6.45) is 1.58. The van der Waals surface area contributed by atoms with Crippen LogP contribution in [-0.4, -0.2) is 24.0 Å². The van der Waals surface area contributed by atoms with E-state index >= 15 is 0 Å². The lowest BCUT2D eigenvalue weighted by Crippen LogP contribution is -2.30. The number of aromatic nitrogens is 1. The smallest absolute Gasteiger partial charge is 0.307 e. The first-order chi connectivity index (χ1) is 10.1. The lowest BCUT2D eigenvalue weighted by atomic mass is 10.0. The minimum Gasteiger partial charge on any atom is -0.469 e. The van der Waals surface area contributed by atoms with Crippen LogP contribution in [0, 0.1) is 0 Å². The Morgan fingerprint density at radius 2 is 2.05 bits per heavy atom. The number of halogens is 1. The first kappa shape index (κ1) is 15.1. The minimum atomic E-state index is -0.465. The molecular weight excluding hydrogens is 292 g/mol. The van der Waals surface area contributed by atoms with E-state index in [4.69, 9.17) is 11.6 Å². The first-order valence-electron chi connectivity index (χ1n) is 6.36. The molecule has 0 unspecified atom stereocenters. The van der Waals surface area contributed by atoms with Crippen LogP contribution < -0.4 is 5.32 Å². The Morgan fingerprint density at radius 1 is 1.33 bits per heavy atom. The van der Waals surface area contributed by atoms with Crippen molar-refractivity contribution in [3.05, 3.63) is 58.9 Å². The topological polar surface area (TPSA) is 71.2 Å². The Labute approximate surface area is 127 Å². The van der Waals surface area contributed by atoms with Crippen LogP contribution in [0.5, 0.6) is 0 Å². The number of amides is 1. The SMILES string of the molecule is COC(=O)C[C@H](NC(=O)c1cc(Cl)c[nH]1)c1ccccc1. The Morgan fingerprint density at radius 3 is 2.62 bits per heavy atom. The van der Waals surface area contributed by atoms with Crippen molar-refractivity contribution in [1.29, 1.82) is 0 Å². The minimum absolute atomic E-state index is 0.0562. The summed E-state index contributed by atoms with van der Waals surface area (Å²) < 4.78 is 4.67. The highest BCUT2D eigenvalue weighted by Gasteiger charge is 2.20. The fraction of sp³-hybridized carbons (Fsp3) is 0.200. The largest absolute Gasteiger partial charge is 0.469 e. The van der Waals surface area contributed by atoms with Crippen LogP contribution in [0.1, 0.15) is 28.5 Å². The van der Waals surface area contributed by atoms with Gasteiger partial charge in [-0.1, -0.05) is 41.9 Å². The molecule has 1 aromatic heterocycles. The number of carbonyl (C=O) groups is 2. The van der Waals surface area contributed by atoms with Crippen LogP contribution in [-0.2, 0) is 9.53 Å². The quantitative estimate of drug-likeness (QED) is 0.834.